The van der Waals surface area contributed by atoms with E-state index in [-0.39, 0.29) is 5.91 Å². The van der Waals surface area contributed by atoms with E-state index in [4.69, 9.17) is 26.1 Å². The quantitative estimate of drug-likeness (QED) is 0.231. The number of rotatable bonds is 13. The number of hydrogen-bond acceptors (Lipinski definition) is 4. The average molecular weight is 506 g/mol. The number of aromatic nitrogens is 2. The third kappa shape index (κ3) is 7.25. The van der Waals surface area contributed by atoms with Gasteiger partial charge in [0.2, 0.25) is 5.91 Å². The number of para-hydroxylation sites is 2. The second-order valence-corrected chi connectivity index (χ2v) is 9.10. The van der Waals surface area contributed by atoms with E-state index in [2.05, 4.69) is 22.0 Å². The Morgan fingerprint density at radius 2 is 1.78 bits per heavy atom. The lowest BCUT2D eigenvalue weighted by Crippen LogP contribution is -2.26. The summed E-state index contributed by atoms with van der Waals surface area (Å²) < 4.78 is 13.4. The van der Waals surface area contributed by atoms with Crippen LogP contribution in [0.1, 0.15) is 30.7 Å². The Bertz CT molecular complexity index is 1270. The van der Waals surface area contributed by atoms with Crippen molar-refractivity contribution < 1.29 is 14.3 Å². The van der Waals surface area contributed by atoms with Crippen molar-refractivity contribution in [2.24, 2.45) is 0 Å². The molecule has 188 valence electrons. The average Bonchev–Trinajstić information content (AvgIpc) is 3.25. The molecule has 0 radical (unpaired) electrons. The second kappa shape index (κ2) is 13.0. The van der Waals surface area contributed by atoms with Gasteiger partial charge in [0.25, 0.3) is 0 Å². The molecule has 0 unspecified atom stereocenters. The smallest absolute Gasteiger partial charge is 0.224 e. The van der Waals surface area contributed by atoms with Gasteiger partial charge >= 0.3 is 0 Å². The fraction of sp³-hybridized carbons (Fsp3) is 0.310. The number of hydrogen-bond donors (Lipinski definition) is 1. The minimum absolute atomic E-state index is 0.0156. The highest BCUT2D eigenvalue weighted by molar-refractivity contribution is 6.30. The van der Waals surface area contributed by atoms with Gasteiger partial charge in [0, 0.05) is 30.6 Å². The van der Waals surface area contributed by atoms with Crippen LogP contribution in [0, 0.1) is 0 Å². The van der Waals surface area contributed by atoms with E-state index < -0.39 is 0 Å². The van der Waals surface area contributed by atoms with Crippen LogP contribution in [0.15, 0.2) is 72.8 Å². The van der Waals surface area contributed by atoms with Crippen molar-refractivity contribution in [1.29, 1.82) is 0 Å². The number of fused-ring (bicyclic) bond motifs is 1. The van der Waals surface area contributed by atoms with Crippen LogP contribution in [0.4, 0.5) is 0 Å². The normalized spacial score (nSPS) is 10.9. The molecule has 36 heavy (non-hydrogen) atoms. The number of ether oxygens (including phenoxy) is 2. The van der Waals surface area contributed by atoms with E-state index in [0.29, 0.717) is 24.6 Å². The highest BCUT2D eigenvalue weighted by atomic mass is 35.5. The van der Waals surface area contributed by atoms with Crippen molar-refractivity contribution in [3.63, 3.8) is 0 Å². The van der Waals surface area contributed by atoms with Gasteiger partial charge in [-0.2, -0.15) is 0 Å². The number of carbonyl (C=O) groups is 1. The standard InChI is InChI=1S/C29H32ClN3O3/c1-35-24-8-6-9-25(21-24)36-19-5-4-18-33-27-11-3-2-10-26(27)32-28(33)12-7-17-31-29(34)20-22-13-15-23(30)16-14-22/h2-3,6,8-11,13-16,21H,4-5,7,12,17-20H2,1H3,(H,31,34). The molecule has 0 aliphatic heterocycles. The Balaban J connectivity index is 1.25. The number of aryl methyl sites for hydroxylation is 2. The van der Waals surface area contributed by atoms with Gasteiger partial charge < -0.3 is 19.4 Å². The lowest BCUT2D eigenvalue weighted by molar-refractivity contribution is -0.120. The second-order valence-electron chi connectivity index (χ2n) is 8.66. The van der Waals surface area contributed by atoms with Crippen LogP contribution >= 0.6 is 11.6 Å². The van der Waals surface area contributed by atoms with E-state index >= 15 is 0 Å². The molecule has 0 bridgehead atoms. The predicted octanol–water partition coefficient (Wildman–Crippen LogP) is 5.85. The molecular formula is C29H32ClN3O3. The summed E-state index contributed by atoms with van der Waals surface area (Å²) in [5, 5.41) is 3.69. The summed E-state index contributed by atoms with van der Waals surface area (Å²) >= 11 is 5.91. The fourth-order valence-corrected chi connectivity index (χ4v) is 4.27. The predicted molar refractivity (Wildman–Crippen MR) is 144 cm³/mol. The van der Waals surface area contributed by atoms with Gasteiger partial charge in [-0.25, -0.2) is 4.98 Å². The zero-order valence-electron chi connectivity index (χ0n) is 20.6. The Morgan fingerprint density at radius 1 is 0.972 bits per heavy atom. The molecule has 1 N–H and O–H groups in total. The third-order valence-electron chi connectivity index (χ3n) is 6.00. The molecule has 1 heterocycles. The topological polar surface area (TPSA) is 65.4 Å². The number of nitrogens with one attached hydrogen (secondary N) is 1. The number of halogens is 1. The van der Waals surface area contributed by atoms with Crippen molar-refractivity contribution >= 4 is 28.5 Å². The molecule has 0 saturated carbocycles. The summed E-state index contributed by atoms with van der Waals surface area (Å²) in [5.74, 6) is 2.68. The van der Waals surface area contributed by atoms with Crippen molar-refractivity contribution in [3.8, 4) is 11.5 Å². The lowest BCUT2D eigenvalue weighted by Gasteiger charge is -2.11. The molecule has 4 aromatic rings. The summed E-state index contributed by atoms with van der Waals surface area (Å²) in [5.41, 5.74) is 3.11. The number of benzene rings is 3. The van der Waals surface area contributed by atoms with Gasteiger partial charge in [0.15, 0.2) is 0 Å². The van der Waals surface area contributed by atoms with Gasteiger partial charge in [-0.05, 0) is 61.2 Å². The monoisotopic (exact) mass is 505 g/mol. The maximum Gasteiger partial charge on any atom is 0.224 e. The summed E-state index contributed by atoms with van der Waals surface area (Å²) in [7, 11) is 1.65. The molecule has 1 amide bonds. The van der Waals surface area contributed by atoms with Gasteiger partial charge in [-0.3, -0.25) is 4.79 Å². The van der Waals surface area contributed by atoms with Crippen LogP contribution < -0.4 is 14.8 Å². The minimum atomic E-state index is 0.0156. The first-order valence-corrected chi connectivity index (χ1v) is 12.7. The fourth-order valence-electron chi connectivity index (χ4n) is 4.14. The number of imidazole rings is 1. The Kier molecular flexibility index (Phi) is 9.22. The summed E-state index contributed by atoms with van der Waals surface area (Å²) in [4.78, 5) is 17.1. The summed E-state index contributed by atoms with van der Waals surface area (Å²) in [6, 6.07) is 23.3. The van der Waals surface area contributed by atoms with Crippen LogP contribution in [0.2, 0.25) is 5.02 Å². The first kappa shape index (κ1) is 25.6. The summed E-state index contributed by atoms with van der Waals surface area (Å²) in [6.07, 6.45) is 3.90. The number of nitrogens with zero attached hydrogens (tertiary/aromatic N) is 2. The molecule has 0 aliphatic carbocycles. The van der Waals surface area contributed by atoms with Gasteiger partial charge in [-0.15, -0.1) is 0 Å². The minimum Gasteiger partial charge on any atom is -0.497 e. The maximum atomic E-state index is 12.3. The molecule has 6 nitrogen and oxygen atoms in total. The Morgan fingerprint density at radius 3 is 2.61 bits per heavy atom. The number of amides is 1. The largest absolute Gasteiger partial charge is 0.497 e. The Hall–Kier alpha value is -3.51. The molecular weight excluding hydrogens is 474 g/mol. The SMILES string of the molecule is COc1cccc(OCCCCn2c(CCCNC(=O)Cc3ccc(Cl)cc3)nc3ccccc32)c1. The first-order valence-electron chi connectivity index (χ1n) is 12.3. The third-order valence-corrected chi connectivity index (χ3v) is 6.25. The zero-order chi connectivity index (χ0) is 25.2. The molecule has 0 saturated heterocycles. The molecule has 4 rings (SSSR count). The molecule has 1 aromatic heterocycles. The zero-order valence-corrected chi connectivity index (χ0v) is 21.3. The van der Waals surface area contributed by atoms with Gasteiger partial charge in [0.1, 0.15) is 17.3 Å². The van der Waals surface area contributed by atoms with E-state index in [1.807, 2.05) is 48.5 Å². The van der Waals surface area contributed by atoms with Crippen molar-refractivity contribution in [2.75, 3.05) is 20.3 Å². The highest BCUT2D eigenvalue weighted by Crippen LogP contribution is 2.20. The number of carbonyl (C=O) groups excluding carboxylic acids is 1. The first-order chi connectivity index (χ1) is 17.6. The molecule has 0 atom stereocenters. The Labute approximate surface area is 217 Å². The van der Waals surface area contributed by atoms with Crippen LogP contribution in [-0.4, -0.2) is 35.7 Å². The van der Waals surface area contributed by atoms with E-state index in [0.717, 1.165) is 66.1 Å². The molecule has 0 spiro atoms. The van der Waals surface area contributed by atoms with Crippen molar-refractivity contribution in [2.45, 2.75) is 38.6 Å². The summed E-state index contributed by atoms with van der Waals surface area (Å²) in [6.45, 7) is 2.14. The van der Waals surface area contributed by atoms with Crippen LogP contribution in [0.25, 0.3) is 11.0 Å². The van der Waals surface area contributed by atoms with Crippen LogP contribution in [0.3, 0.4) is 0 Å². The van der Waals surface area contributed by atoms with E-state index in [1.165, 1.54) is 0 Å². The van der Waals surface area contributed by atoms with Crippen LogP contribution in [-0.2, 0) is 24.2 Å². The van der Waals surface area contributed by atoms with E-state index in [9.17, 15) is 4.79 Å². The lowest BCUT2D eigenvalue weighted by atomic mass is 10.1. The molecule has 3 aromatic carbocycles. The molecule has 0 fully saturated rings. The van der Waals surface area contributed by atoms with Crippen molar-refractivity contribution in [1.82, 2.24) is 14.9 Å². The molecule has 7 heteroatoms. The number of unbranched alkanes of at least 4 members (excludes halogenated alkanes) is 1. The van der Waals surface area contributed by atoms with Crippen LogP contribution in [0.5, 0.6) is 11.5 Å². The highest BCUT2D eigenvalue weighted by Gasteiger charge is 2.11. The van der Waals surface area contributed by atoms with Gasteiger partial charge in [-0.1, -0.05) is 41.9 Å². The maximum absolute atomic E-state index is 12.3. The number of methoxy groups -OCH3 is 1. The molecule has 0 aliphatic rings. The van der Waals surface area contributed by atoms with Gasteiger partial charge in [0.05, 0.1) is 31.2 Å². The van der Waals surface area contributed by atoms with E-state index in [1.54, 1.807) is 19.2 Å². The van der Waals surface area contributed by atoms with Crippen molar-refractivity contribution in [3.05, 3.63) is 89.2 Å².